The Hall–Kier alpha value is -2.73. The molecule has 6 heteroatoms. The maximum absolute atomic E-state index is 12.6. The summed E-state index contributed by atoms with van der Waals surface area (Å²) in [7, 11) is -3.23. The number of rotatable bonds is 3. The summed E-state index contributed by atoms with van der Waals surface area (Å²) >= 11 is 0. The lowest BCUT2D eigenvalue weighted by Crippen LogP contribution is -2.21. The number of hydrogen-bond acceptors (Lipinski definition) is 4. The quantitative estimate of drug-likeness (QED) is 0.807. The molecule has 2 aromatic carbocycles. The van der Waals surface area contributed by atoms with Crippen molar-refractivity contribution in [1.29, 1.82) is 0 Å². The number of amides is 1. The predicted molar refractivity (Wildman–Crippen MR) is 94.6 cm³/mol. The van der Waals surface area contributed by atoms with Crippen LogP contribution in [0.15, 0.2) is 70.2 Å². The highest BCUT2D eigenvalue weighted by molar-refractivity contribution is 7.90. The topological polar surface area (TPSA) is 66.8 Å². The van der Waals surface area contributed by atoms with E-state index in [1.54, 1.807) is 25.1 Å². The van der Waals surface area contributed by atoms with E-state index < -0.39 is 9.84 Å². The monoisotopic (exact) mass is 340 g/mol. The SMILES string of the molecule is CC1=NN(c2ccccc2)C(=O)/C1=C\c1ccc(S(C)(=O)=O)cc1. The number of para-hydroxylation sites is 1. The molecule has 0 unspecified atom stereocenters. The third-order valence-corrected chi connectivity index (χ3v) is 4.81. The minimum atomic E-state index is -3.23. The highest BCUT2D eigenvalue weighted by Crippen LogP contribution is 2.24. The lowest BCUT2D eigenvalue weighted by molar-refractivity contribution is -0.114. The largest absolute Gasteiger partial charge is 0.280 e. The van der Waals surface area contributed by atoms with Crippen LogP contribution in [0, 0.1) is 0 Å². The first kappa shape index (κ1) is 16.1. The fourth-order valence-corrected chi connectivity index (χ4v) is 3.04. The molecule has 0 aliphatic carbocycles. The van der Waals surface area contributed by atoms with Gasteiger partial charge in [-0.3, -0.25) is 4.79 Å². The van der Waals surface area contributed by atoms with Gasteiger partial charge in [0.05, 0.1) is 21.9 Å². The summed E-state index contributed by atoms with van der Waals surface area (Å²) in [5.41, 5.74) is 2.56. The van der Waals surface area contributed by atoms with E-state index >= 15 is 0 Å². The molecular weight excluding hydrogens is 324 g/mol. The van der Waals surface area contributed by atoms with Gasteiger partial charge in [-0.25, -0.2) is 8.42 Å². The van der Waals surface area contributed by atoms with Gasteiger partial charge in [-0.1, -0.05) is 30.3 Å². The van der Waals surface area contributed by atoms with E-state index in [0.29, 0.717) is 17.0 Å². The van der Waals surface area contributed by atoms with Crippen LogP contribution in [0.1, 0.15) is 12.5 Å². The van der Waals surface area contributed by atoms with Crippen molar-refractivity contribution < 1.29 is 13.2 Å². The van der Waals surface area contributed by atoms with Crippen molar-refractivity contribution in [3.63, 3.8) is 0 Å². The minimum Gasteiger partial charge on any atom is -0.267 e. The average Bonchev–Trinajstić information content (AvgIpc) is 2.83. The van der Waals surface area contributed by atoms with Gasteiger partial charge < -0.3 is 0 Å². The van der Waals surface area contributed by atoms with E-state index in [-0.39, 0.29) is 10.8 Å². The molecule has 24 heavy (non-hydrogen) atoms. The highest BCUT2D eigenvalue weighted by Gasteiger charge is 2.28. The lowest BCUT2D eigenvalue weighted by Gasteiger charge is -2.11. The molecule has 1 heterocycles. The van der Waals surface area contributed by atoms with Crippen LogP contribution in [-0.4, -0.2) is 26.3 Å². The molecule has 2 aromatic rings. The molecule has 5 nitrogen and oxygen atoms in total. The molecule has 0 spiro atoms. The van der Waals surface area contributed by atoms with Gasteiger partial charge in [0.15, 0.2) is 9.84 Å². The number of hydrogen-bond donors (Lipinski definition) is 0. The second kappa shape index (κ2) is 6.05. The number of hydrazone groups is 1. The molecule has 122 valence electrons. The number of nitrogens with zero attached hydrogens (tertiary/aromatic N) is 2. The zero-order valence-corrected chi connectivity index (χ0v) is 14.1. The lowest BCUT2D eigenvalue weighted by atomic mass is 10.1. The number of carbonyl (C=O) groups is 1. The summed E-state index contributed by atoms with van der Waals surface area (Å²) in [5, 5.41) is 5.68. The Balaban J connectivity index is 1.91. The first-order valence-electron chi connectivity index (χ1n) is 7.33. The van der Waals surface area contributed by atoms with Gasteiger partial charge in [0.1, 0.15) is 0 Å². The Kier molecular flexibility index (Phi) is 4.07. The van der Waals surface area contributed by atoms with Gasteiger partial charge >= 0.3 is 0 Å². The molecule has 1 amide bonds. The Morgan fingerprint density at radius 1 is 1.00 bits per heavy atom. The van der Waals surface area contributed by atoms with Crippen LogP contribution >= 0.6 is 0 Å². The van der Waals surface area contributed by atoms with Crippen molar-refractivity contribution in [3.05, 3.63) is 65.7 Å². The normalized spacial score (nSPS) is 16.6. The van der Waals surface area contributed by atoms with Crippen LogP contribution in [0.3, 0.4) is 0 Å². The fourth-order valence-electron chi connectivity index (χ4n) is 2.41. The predicted octanol–water partition coefficient (Wildman–Crippen LogP) is 2.90. The van der Waals surface area contributed by atoms with Crippen molar-refractivity contribution >= 4 is 33.2 Å². The van der Waals surface area contributed by atoms with E-state index in [1.807, 2.05) is 30.3 Å². The molecule has 0 saturated carbocycles. The molecule has 3 rings (SSSR count). The maximum atomic E-state index is 12.6. The van der Waals surface area contributed by atoms with Gasteiger partial charge in [0, 0.05) is 6.26 Å². The van der Waals surface area contributed by atoms with Crippen LogP contribution in [0.4, 0.5) is 5.69 Å². The Bertz CT molecular complexity index is 944. The van der Waals surface area contributed by atoms with E-state index in [1.165, 1.54) is 17.1 Å². The first-order valence-corrected chi connectivity index (χ1v) is 9.22. The zero-order chi connectivity index (χ0) is 17.3. The summed E-state index contributed by atoms with van der Waals surface area (Å²) in [5.74, 6) is -0.203. The maximum Gasteiger partial charge on any atom is 0.280 e. The molecule has 0 saturated heterocycles. The third-order valence-electron chi connectivity index (χ3n) is 3.68. The summed E-state index contributed by atoms with van der Waals surface area (Å²) in [6.45, 7) is 1.78. The summed E-state index contributed by atoms with van der Waals surface area (Å²) in [6, 6.07) is 15.6. The van der Waals surface area contributed by atoms with Crippen LogP contribution < -0.4 is 5.01 Å². The van der Waals surface area contributed by atoms with Crippen molar-refractivity contribution in [2.75, 3.05) is 11.3 Å². The smallest absolute Gasteiger partial charge is 0.267 e. The van der Waals surface area contributed by atoms with Gasteiger partial charge in [-0.2, -0.15) is 10.1 Å². The minimum absolute atomic E-state index is 0.203. The van der Waals surface area contributed by atoms with E-state index in [0.717, 1.165) is 11.8 Å². The standard InChI is InChI=1S/C18H16N2O3S/c1-13-17(12-14-8-10-16(11-9-14)24(2,22)23)18(21)20(19-13)15-6-4-3-5-7-15/h3-12H,1-2H3/b17-12-. The Morgan fingerprint density at radius 2 is 1.62 bits per heavy atom. The fraction of sp³-hybridized carbons (Fsp3) is 0.111. The van der Waals surface area contributed by atoms with Gasteiger partial charge in [-0.05, 0) is 42.8 Å². The molecule has 0 radical (unpaired) electrons. The first-order chi connectivity index (χ1) is 11.4. The summed E-state index contributed by atoms with van der Waals surface area (Å²) < 4.78 is 23.0. The number of benzene rings is 2. The zero-order valence-electron chi connectivity index (χ0n) is 13.3. The summed E-state index contributed by atoms with van der Waals surface area (Å²) in [4.78, 5) is 12.8. The highest BCUT2D eigenvalue weighted by atomic mass is 32.2. The van der Waals surface area contributed by atoms with E-state index in [9.17, 15) is 13.2 Å². The average molecular weight is 340 g/mol. The molecular formula is C18H16N2O3S. The van der Waals surface area contributed by atoms with Crippen LogP contribution in [0.2, 0.25) is 0 Å². The molecule has 0 aromatic heterocycles. The van der Waals surface area contributed by atoms with E-state index in [4.69, 9.17) is 0 Å². The van der Waals surface area contributed by atoms with Gasteiger partial charge in [0.2, 0.25) is 0 Å². The molecule has 1 aliphatic heterocycles. The van der Waals surface area contributed by atoms with Crippen LogP contribution in [0.25, 0.3) is 6.08 Å². The van der Waals surface area contributed by atoms with Crippen LogP contribution in [0.5, 0.6) is 0 Å². The number of sulfone groups is 1. The van der Waals surface area contributed by atoms with Crippen molar-refractivity contribution in [3.8, 4) is 0 Å². The number of anilines is 1. The van der Waals surface area contributed by atoms with Gasteiger partial charge in [0.25, 0.3) is 5.91 Å². The Labute approximate surface area is 140 Å². The van der Waals surface area contributed by atoms with Gasteiger partial charge in [-0.15, -0.1) is 0 Å². The second-order valence-electron chi connectivity index (χ2n) is 5.54. The molecule has 1 aliphatic rings. The number of carbonyl (C=O) groups excluding carboxylic acids is 1. The second-order valence-corrected chi connectivity index (χ2v) is 7.55. The van der Waals surface area contributed by atoms with Crippen LogP contribution in [-0.2, 0) is 14.6 Å². The summed E-state index contributed by atoms with van der Waals surface area (Å²) in [6.07, 6.45) is 2.88. The molecule has 0 fully saturated rings. The molecule has 0 bridgehead atoms. The van der Waals surface area contributed by atoms with Crippen molar-refractivity contribution in [1.82, 2.24) is 0 Å². The van der Waals surface area contributed by atoms with E-state index in [2.05, 4.69) is 5.10 Å². The van der Waals surface area contributed by atoms with Crippen molar-refractivity contribution in [2.45, 2.75) is 11.8 Å². The molecule has 0 N–H and O–H groups in total. The third kappa shape index (κ3) is 3.14. The molecule has 0 atom stereocenters. The van der Waals surface area contributed by atoms with Crippen molar-refractivity contribution in [2.24, 2.45) is 5.10 Å². The Morgan fingerprint density at radius 3 is 2.21 bits per heavy atom.